The molecular formula is C14H8F3N3O2. The third kappa shape index (κ3) is 2.39. The Morgan fingerprint density at radius 2 is 1.91 bits per heavy atom. The van der Waals surface area contributed by atoms with Crippen molar-refractivity contribution in [3.63, 3.8) is 0 Å². The Labute approximate surface area is 121 Å². The minimum absolute atomic E-state index is 0.0236. The summed E-state index contributed by atoms with van der Waals surface area (Å²) < 4.78 is 39.7. The van der Waals surface area contributed by atoms with Gasteiger partial charge in [0.1, 0.15) is 0 Å². The Kier molecular flexibility index (Phi) is 3.09. The smallest absolute Gasteiger partial charge is 0.416 e. The summed E-state index contributed by atoms with van der Waals surface area (Å²) in [6.07, 6.45) is -3.04. The highest BCUT2D eigenvalue weighted by molar-refractivity contribution is 5.88. The van der Waals surface area contributed by atoms with Crippen LogP contribution in [0.2, 0.25) is 0 Å². The first-order valence-electron chi connectivity index (χ1n) is 6.12. The highest BCUT2D eigenvalue weighted by Gasteiger charge is 2.30. The molecule has 22 heavy (non-hydrogen) atoms. The van der Waals surface area contributed by atoms with Gasteiger partial charge >= 0.3 is 12.1 Å². The Bertz CT molecular complexity index is 871. The molecule has 1 aromatic carbocycles. The van der Waals surface area contributed by atoms with Crippen molar-refractivity contribution in [3.8, 4) is 11.4 Å². The zero-order chi connectivity index (χ0) is 15.9. The number of carbonyl (C=O) groups is 1. The summed E-state index contributed by atoms with van der Waals surface area (Å²) >= 11 is 0. The van der Waals surface area contributed by atoms with Gasteiger partial charge in [0.15, 0.2) is 11.5 Å². The number of rotatable bonds is 2. The molecule has 2 heterocycles. The standard InChI is InChI=1S/C14H8F3N3O2/c15-14(16,17)10-3-1-2-8(6-10)12-19-18-11-7-9(13(21)22)4-5-20(11)12/h1-7H,(H,21,22). The highest BCUT2D eigenvalue weighted by Crippen LogP contribution is 2.31. The number of nitrogens with zero attached hydrogens (tertiary/aromatic N) is 3. The molecule has 5 nitrogen and oxygen atoms in total. The normalized spacial score (nSPS) is 11.8. The Hall–Kier alpha value is -2.90. The Morgan fingerprint density at radius 1 is 1.14 bits per heavy atom. The lowest BCUT2D eigenvalue weighted by Crippen LogP contribution is -2.05. The molecule has 1 N–H and O–H groups in total. The van der Waals surface area contributed by atoms with Gasteiger partial charge in [0.05, 0.1) is 11.1 Å². The molecule has 8 heteroatoms. The maximum absolute atomic E-state index is 12.8. The van der Waals surface area contributed by atoms with Crippen molar-refractivity contribution in [2.75, 3.05) is 0 Å². The summed E-state index contributed by atoms with van der Waals surface area (Å²) in [7, 11) is 0. The summed E-state index contributed by atoms with van der Waals surface area (Å²) in [5.74, 6) is -0.913. The van der Waals surface area contributed by atoms with Crippen molar-refractivity contribution in [3.05, 3.63) is 53.7 Å². The van der Waals surface area contributed by atoms with Crippen LogP contribution in [-0.4, -0.2) is 25.7 Å². The first kappa shape index (κ1) is 14.1. The van der Waals surface area contributed by atoms with Crippen LogP contribution >= 0.6 is 0 Å². The lowest BCUT2D eigenvalue weighted by molar-refractivity contribution is -0.137. The average molecular weight is 307 g/mol. The first-order valence-corrected chi connectivity index (χ1v) is 6.12. The van der Waals surface area contributed by atoms with Gasteiger partial charge in [-0.25, -0.2) is 4.79 Å². The van der Waals surface area contributed by atoms with E-state index in [1.54, 1.807) is 0 Å². The number of benzene rings is 1. The third-order valence-electron chi connectivity index (χ3n) is 3.10. The van der Waals surface area contributed by atoms with E-state index in [0.717, 1.165) is 12.1 Å². The van der Waals surface area contributed by atoms with E-state index in [0.29, 0.717) is 0 Å². The number of pyridine rings is 1. The average Bonchev–Trinajstić information content (AvgIpc) is 2.89. The molecule has 0 spiro atoms. The number of hydrogen-bond donors (Lipinski definition) is 1. The van der Waals surface area contributed by atoms with Gasteiger partial charge < -0.3 is 5.11 Å². The fraction of sp³-hybridized carbons (Fsp3) is 0.0714. The number of alkyl halides is 3. The van der Waals surface area contributed by atoms with Gasteiger partial charge in [0.2, 0.25) is 0 Å². The van der Waals surface area contributed by atoms with Crippen LogP contribution in [0.5, 0.6) is 0 Å². The number of hydrogen-bond acceptors (Lipinski definition) is 3. The van der Waals surface area contributed by atoms with Crippen LogP contribution < -0.4 is 0 Å². The molecule has 0 unspecified atom stereocenters. The molecule has 3 aromatic rings. The molecule has 0 saturated heterocycles. The number of fused-ring (bicyclic) bond motifs is 1. The lowest BCUT2D eigenvalue weighted by atomic mass is 10.1. The number of aromatic nitrogens is 3. The zero-order valence-electron chi connectivity index (χ0n) is 10.9. The predicted molar refractivity (Wildman–Crippen MR) is 70.4 cm³/mol. The largest absolute Gasteiger partial charge is 0.478 e. The van der Waals surface area contributed by atoms with Crippen molar-refractivity contribution in [1.29, 1.82) is 0 Å². The van der Waals surface area contributed by atoms with Crippen LogP contribution in [0.1, 0.15) is 15.9 Å². The molecule has 0 amide bonds. The topological polar surface area (TPSA) is 67.5 Å². The van der Waals surface area contributed by atoms with Crippen LogP contribution in [0.3, 0.4) is 0 Å². The van der Waals surface area contributed by atoms with Crippen molar-refractivity contribution in [2.24, 2.45) is 0 Å². The first-order chi connectivity index (χ1) is 10.4. The summed E-state index contributed by atoms with van der Waals surface area (Å²) in [6.45, 7) is 0. The van der Waals surface area contributed by atoms with Gasteiger partial charge in [-0.2, -0.15) is 13.2 Å². The third-order valence-corrected chi connectivity index (χ3v) is 3.10. The van der Waals surface area contributed by atoms with E-state index in [1.165, 1.54) is 34.9 Å². The van der Waals surface area contributed by atoms with Crippen LogP contribution in [0.4, 0.5) is 13.2 Å². The second-order valence-corrected chi connectivity index (χ2v) is 4.55. The summed E-state index contributed by atoms with van der Waals surface area (Å²) in [4.78, 5) is 10.9. The van der Waals surface area contributed by atoms with Crippen molar-refractivity contribution in [1.82, 2.24) is 14.6 Å². The summed E-state index contributed by atoms with van der Waals surface area (Å²) in [5, 5.41) is 16.6. The molecule has 0 aliphatic rings. The molecule has 0 aliphatic heterocycles. The maximum atomic E-state index is 12.8. The lowest BCUT2D eigenvalue weighted by Gasteiger charge is -2.08. The molecule has 2 aromatic heterocycles. The van der Waals surface area contributed by atoms with Gasteiger partial charge in [-0.1, -0.05) is 12.1 Å². The van der Waals surface area contributed by atoms with E-state index in [2.05, 4.69) is 10.2 Å². The van der Waals surface area contributed by atoms with Crippen LogP contribution in [0.25, 0.3) is 17.0 Å². The Morgan fingerprint density at radius 3 is 2.59 bits per heavy atom. The zero-order valence-corrected chi connectivity index (χ0v) is 10.9. The molecule has 0 atom stereocenters. The predicted octanol–water partition coefficient (Wildman–Crippen LogP) is 3.11. The van der Waals surface area contributed by atoms with E-state index in [9.17, 15) is 18.0 Å². The van der Waals surface area contributed by atoms with E-state index in [1.807, 2.05) is 0 Å². The van der Waals surface area contributed by atoms with E-state index in [-0.39, 0.29) is 22.6 Å². The SMILES string of the molecule is O=C(O)c1ccn2c(-c3cccc(C(F)(F)F)c3)nnc2c1. The molecule has 0 bridgehead atoms. The number of halogens is 3. The van der Waals surface area contributed by atoms with Gasteiger partial charge in [-0.3, -0.25) is 4.40 Å². The van der Waals surface area contributed by atoms with Crippen LogP contribution in [-0.2, 0) is 6.18 Å². The summed E-state index contributed by atoms with van der Waals surface area (Å²) in [5.41, 5.74) is -0.280. The molecule has 0 aliphatic carbocycles. The van der Waals surface area contributed by atoms with Gasteiger partial charge in [0, 0.05) is 11.8 Å². The molecule has 3 rings (SSSR count). The molecule has 0 saturated carbocycles. The number of aromatic carboxylic acids is 1. The van der Waals surface area contributed by atoms with Crippen molar-refractivity contribution < 1.29 is 23.1 Å². The van der Waals surface area contributed by atoms with E-state index >= 15 is 0 Å². The monoisotopic (exact) mass is 307 g/mol. The van der Waals surface area contributed by atoms with E-state index < -0.39 is 17.7 Å². The quantitative estimate of drug-likeness (QED) is 0.790. The van der Waals surface area contributed by atoms with Crippen LogP contribution in [0.15, 0.2) is 42.6 Å². The van der Waals surface area contributed by atoms with Gasteiger partial charge in [0.25, 0.3) is 0 Å². The molecule has 0 radical (unpaired) electrons. The Balaban J connectivity index is 2.13. The summed E-state index contributed by atoms with van der Waals surface area (Å²) in [6, 6.07) is 7.33. The van der Waals surface area contributed by atoms with Gasteiger partial charge in [-0.05, 0) is 24.3 Å². The fourth-order valence-electron chi connectivity index (χ4n) is 2.06. The fourth-order valence-corrected chi connectivity index (χ4v) is 2.06. The minimum atomic E-state index is -4.45. The van der Waals surface area contributed by atoms with Crippen LogP contribution in [0, 0.1) is 0 Å². The molecule has 0 fully saturated rings. The highest BCUT2D eigenvalue weighted by atomic mass is 19.4. The van der Waals surface area contributed by atoms with Gasteiger partial charge in [-0.15, -0.1) is 10.2 Å². The second-order valence-electron chi connectivity index (χ2n) is 4.55. The van der Waals surface area contributed by atoms with E-state index in [4.69, 9.17) is 5.11 Å². The molecular weight excluding hydrogens is 299 g/mol. The van der Waals surface area contributed by atoms with Crippen molar-refractivity contribution in [2.45, 2.75) is 6.18 Å². The number of carboxylic acids is 1. The number of carboxylic acid groups (broad SMARTS) is 1. The van der Waals surface area contributed by atoms with Crippen molar-refractivity contribution >= 4 is 11.6 Å². The minimum Gasteiger partial charge on any atom is -0.478 e. The molecule has 112 valence electrons. The maximum Gasteiger partial charge on any atom is 0.416 e. The second kappa shape index (κ2) is 4.83.